The lowest BCUT2D eigenvalue weighted by Gasteiger charge is -2.07. The van der Waals surface area contributed by atoms with E-state index in [9.17, 15) is 9.59 Å². The Morgan fingerprint density at radius 2 is 2.27 bits per heavy atom. The van der Waals surface area contributed by atoms with Crippen LogP contribution in [-0.2, 0) is 4.79 Å². The average molecular weight is 206 g/mol. The second-order valence-corrected chi connectivity index (χ2v) is 4.16. The zero-order valence-corrected chi connectivity index (χ0v) is 8.91. The molecule has 1 unspecified atom stereocenters. The molecule has 1 saturated carbocycles. The third-order valence-corrected chi connectivity index (χ3v) is 2.80. The third-order valence-electron chi connectivity index (χ3n) is 2.80. The number of nitrogens with one attached hydrogen (secondary N) is 1. The minimum Gasteiger partial charge on any atom is -0.310 e. The maximum absolute atomic E-state index is 11.4. The number of ketones is 1. The fourth-order valence-corrected chi connectivity index (χ4v) is 1.48. The van der Waals surface area contributed by atoms with Gasteiger partial charge in [0.15, 0.2) is 0 Å². The van der Waals surface area contributed by atoms with Gasteiger partial charge in [-0.1, -0.05) is 0 Å². The lowest BCUT2D eigenvalue weighted by Crippen LogP contribution is -2.16. The lowest BCUT2D eigenvalue weighted by atomic mass is 10.0. The zero-order chi connectivity index (χ0) is 11.0. The second kappa shape index (κ2) is 3.61. The topological polar surface area (TPSA) is 62.8 Å². The van der Waals surface area contributed by atoms with Crippen LogP contribution >= 0.6 is 0 Å². The number of nitrogens with zero attached hydrogens (tertiary/aromatic N) is 1. The van der Waals surface area contributed by atoms with Gasteiger partial charge in [0.25, 0.3) is 5.56 Å². The van der Waals surface area contributed by atoms with Crippen molar-refractivity contribution >= 4 is 5.78 Å². The van der Waals surface area contributed by atoms with E-state index in [2.05, 4.69) is 9.97 Å². The standard InChI is InChI=1S/C11H14N2O2/c1-6(7(2)14)9-5-10(15)13-11(12-9)8-3-4-8/h5-6,8H,3-4H2,1-2H3,(H,12,13,15). The first-order chi connectivity index (χ1) is 7.08. The van der Waals surface area contributed by atoms with Gasteiger partial charge in [-0.25, -0.2) is 4.98 Å². The van der Waals surface area contributed by atoms with Crippen molar-refractivity contribution in [2.75, 3.05) is 0 Å². The number of H-pyrrole nitrogens is 1. The van der Waals surface area contributed by atoms with Crippen LogP contribution in [-0.4, -0.2) is 15.8 Å². The van der Waals surface area contributed by atoms with E-state index in [1.54, 1.807) is 6.92 Å². The predicted octanol–water partition coefficient (Wildman–Crippen LogP) is 1.34. The van der Waals surface area contributed by atoms with Crippen LogP contribution in [0.15, 0.2) is 10.9 Å². The average Bonchev–Trinajstić information content (AvgIpc) is 2.98. The quantitative estimate of drug-likeness (QED) is 0.811. The van der Waals surface area contributed by atoms with Gasteiger partial charge in [0.2, 0.25) is 0 Å². The largest absolute Gasteiger partial charge is 0.310 e. The number of rotatable bonds is 3. The first kappa shape index (κ1) is 10.1. The van der Waals surface area contributed by atoms with E-state index in [0.717, 1.165) is 18.7 Å². The van der Waals surface area contributed by atoms with E-state index >= 15 is 0 Å². The van der Waals surface area contributed by atoms with Crippen molar-refractivity contribution in [3.05, 3.63) is 27.9 Å². The van der Waals surface area contributed by atoms with Crippen LogP contribution in [0.4, 0.5) is 0 Å². The molecule has 1 aromatic rings. The third kappa shape index (κ3) is 2.14. The Bertz CT molecular complexity index is 446. The zero-order valence-electron chi connectivity index (χ0n) is 8.91. The molecule has 15 heavy (non-hydrogen) atoms. The molecule has 4 heteroatoms. The van der Waals surface area contributed by atoms with E-state index in [0.29, 0.717) is 11.6 Å². The Morgan fingerprint density at radius 1 is 1.60 bits per heavy atom. The smallest absolute Gasteiger partial charge is 0.251 e. The van der Waals surface area contributed by atoms with Gasteiger partial charge in [-0.3, -0.25) is 9.59 Å². The van der Waals surface area contributed by atoms with Crippen molar-refractivity contribution < 1.29 is 4.79 Å². The van der Waals surface area contributed by atoms with Crippen molar-refractivity contribution in [3.63, 3.8) is 0 Å². The molecule has 1 aliphatic rings. The SMILES string of the molecule is CC(=O)C(C)c1cc(=O)[nH]c(C2CC2)n1. The van der Waals surface area contributed by atoms with Gasteiger partial charge in [-0.2, -0.15) is 0 Å². The monoisotopic (exact) mass is 206 g/mol. The molecule has 1 fully saturated rings. The summed E-state index contributed by atoms with van der Waals surface area (Å²) in [5.74, 6) is 0.891. The van der Waals surface area contributed by atoms with Gasteiger partial charge in [0.1, 0.15) is 11.6 Å². The van der Waals surface area contributed by atoms with Crippen molar-refractivity contribution in [2.24, 2.45) is 0 Å². The van der Waals surface area contributed by atoms with E-state index in [4.69, 9.17) is 0 Å². The van der Waals surface area contributed by atoms with Crippen LogP contribution in [0.1, 0.15) is 50.0 Å². The Labute approximate surface area is 87.7 Å². The van der Waals surface area contributed by atoms with Gasteiger partial charge in [-0.15, -0.1) is 0 Å². The first-order valence-corrected chi connectivity index (χ1v) is 5.19. The maximum Gasteiger partial charge on any atom is 0.251 e. The fourth-order valence-electron chi connectivity index (χ4n) is 1.48. The molecule has 4 nitrogen and oxygen atoms in total. The summed E-state index contributed by atoms with van der Waals surface area (Å²) in [7, 11) is 0. The molecule has 80 valence electrons. The molecule has 1 aromatic heterocycles. The number of carbonyl (C=O) groups excluding carboxylic acids is 1. The number of carbonyl (C=O) groups is 1. The Kier molecular flexibility index (Phi) is 2.42. The molecule has 1 N–H and O–H groups in total. The van der Waals surface area contributed by atoms with Gasteiger partial charge in [0, 0.05) is 12.0 Å². The van der Waals surface area contributed by atoms with Crippen LogP contribution in [0.5, 0.6) is 0 Å². The van der Waals surface area contributed by atoms with Crippen molar-refractivity contribution in [2.45, 2.75) is 38.5 Å². The molecule has 0 radical (unpaired) electrons. The summed E-state index contributed by atoms with van der Waals surface area (Å²) in [6.45, 7) is 3.30. The summed E-state index contributed by atoms with van der Waals surface area (Å²) in [4.78, 5) is 29.6. The van der Waals surface area contributed by atoms with Gasteiger partial charge in [0.05, 0.1) is 11.6 Å². The van der Waals surface area contributed by atoms with E-state index in [1.165, 1.54) is 13.0 Å². The highest BCUT2D eigenvalue weighted by Gasteiger charge is 2.27. The second-order valence-electron chi connectivity index (χ2n) is 4.16. The molecular weight excluding hydrogens is 192 g/mol. The minimum atomic E-state index is -0.287. The lowest BCUT2D eigenvalue weighted by molar-refractivity contribution is -0.118. The summed E-state index contributed by atoms with van der Waals surface area (Å²) in [5, 5.41) is 0. The molecular formula is C11H14N2O2. The summed E-state index contributed by atoms with van der Waals surface area (Å²) < 4.78 is 0. The van der Waals surface area contributed by atoms with Crippen LogP contribution < -0.4 is 5.56 Å². The number of hydrogen-bond donors (Lipinski definition) is 1. The van der Waals surface area contributed by atoms with E-state index in [-0.39, 0.29) is 17.3 Å². The van der Waals surface area contributed by atoms with E-state index in [1.807, 2.05) is 0 Å². The van der Waals surface area contributed by atoms with Gasteiger partial charge < -0.3 is 4.98 Å². The Morgan fingerprint density at radius 3 is 2.80 bits per heavy atom. The minimum absolute atomic E-state index is 0.0369. The highest BCUT2D eigenvalue weighted by Crippen LogP contribution is 2.37. The van der Waals surface area contributed by atoms with Crippen molar-refractivity contribution in [3.8, 4) is 0 Å². The number of aromatic nitrogens is 2. The van der Waals surface area contributed by atoms with Crippen LogP contribution in [0.2, 0.25) is 0 Å². The molecule has 0 amide bonds. The van der Waals surface area contributed by atoms with Crippen LogP contribution in [0, 0.1) is 0 Å². The number of Topliss-reactive ketones (excluding diaryl/α,β-unsaturated/α-hetero) is 1. The fraction of sp³-hybridized carbons (Fsp3) is 0.545. The molecule has 1 heterocycles. The molecule has 0 bridgehead atoms. The van der Waals surface area contributed by atoms with Crippen molar-refractivity contribution in [1.29, 1.82) is 0 Å². The summed E-state index contributed by atoms with van der Waals surface area (Å²) in [6.07, 6.45) is 2.17. The van der Waals surface area contributed by atoms with Gasteiger partial charge >= 0.3 is 0 Å². The predicted molar refractivity (Wildman–Crippen MR) is 55.9 cm³/mol. The van der Waals surface area contributed by atoms with Crippen molar-refractivity contribution in [1.82, 2.24) is 9.97 Å². The van der Waals surface area contributed by atoms with Crippen LogP contribution in [0.3, 0.4) is 0 Å². The first-order valence-electron chi connectivity index (χ1n) is 5.19. The van der Waals surface area contributed by atoms with E-state index < -0.39 is 0 Å². The van der Waals surface area contributed by atoms with Gasteiger partial charge in [-0.05, 0) is 26.7 Å². The molecule has 1 atom stereocenters. The molecule has 2 rings (SSSR count). The summed E-state index contributed by atoms with van der Waals surface area (Å²) in [6, 6.07) is 1.41. The molecule has 1 aliphatic carbocycles. The Balaban J connectivity index is 2.38. The normalized spacial score (nSPS) is 17.5. The molecule has 0 saturated heterocycles. The van der Waals surface area contributed by atoms with Crippen LogP contribution in [0.25, 0.3) is 0 Å². The molecule has 0 aromatic carbocycles. The summed E-state index contributed by atoms with van der Waals surface area (Å²) >= 11 is 0. The highest BCUT2D eigenvalue weighted by atomic mass is 16.1. The number of hydrogen-bond acceptors (Lipinski definition) is 3. The molecule has 0 aliphatic heterocycles. The Hall–Kier alpha value is -1.45. The maximum atomic E-state index is 11.4. The summed E-state index contributed by atoms with van der Waals surface area (Å²) in [5.41, 5.74) is 0.433. The number of aromatic amines is 1. The molecule has 0 spiro atoms. The highest BCUT2D eigenvalue weighted by molar-refractivity contribution is 5.82.